The third-order valence-corrected chi connectivity index (χ3v) is 4.63. The Kier molecular flexibility index (Phi) is 3.54. The fourth-order valence-corrected chi connectivity index (χ4v) is 3.19. The fourth-order valence-electron chi connectivity index (χ4n) is 2.55. The van der Waals surface area contributed by atoms with Crippen LogP contribution in [0.5, 0.6) is 0 Å². The summed E-state index contributed by atoms with van der Waals surface area (Å²) in [5, 5.41) is -0.0323. The van der Waals surface area contributed by atoms with Gasteiger partial charge in [-0.2, -0.15) is 0 Å². The molecular formula is C14H16ClIN2. The quantitative estimate of drug-likeness (QED) is 0.560. The molecule has 2 aromatic rings. The molecule has 1 aromatic carbocycles. The molecule has 0 spiro atoms. The Morgan fingerprint density at radius 3 is 2.89 bits per heavy atom. The minimum absolute atomic E-state index is 0.0323. The Hall–Kier alpha value is -0.290. The summed E-state index contributed by atoms with van der Waals surface area (Å²) >= 11 is 8.61. The zero-order valence-electron chi connectivity index (χ0n) is 10.4. The van der Waals surface area contributed by atoms with Crippen LogP contribution < -0.4 is 0 Å². The monoisotopic (exact) mass is 374 g/mol. The van der Waals surface area contributed by atoms with Crippen molar-refractivity contribution in [3.63, 3.8) is 0 Å². The van der Waals surface area contributed by atoms with Crippen LogP contribution in [0.3, 0.4) is 0 Å². The first-order valence-electron chi connectivity index (χ1n) is 6.45. The highest BCUT2D eigenvalue weighted by molar-refractivity contribution is 14.1. The van der Waals surface area contributed by atoms with Crippen molar-refractivity contribution in [3.05, 3.63) is 27.6 Å². The van der Waals surface area contributed by atoms with Crippen molar-refractivity contribution < 1.29 is 0 Å². The summed E-state index contributed by atoms with van der Waals surface area (Å²) in [6.07, 6.45) is 4.07. The van der Waals surface area contributed by atoms with E-state index in [1.165, 1.54) is 28.3 Å². The predicted octanol–water partition coefficient (Wildman–Crippen LogP) is 4.74. The number of rotatable bonds is 3. The van der Waals surface area contributed by atoms with Gasteiger partial charge in [0.2, 0.25) is 0 Å². The number of imidazole rings is 1. The second-order valence-corrected chi connectivity index (χ2v) is 7.03. The highest BCUT2D eigenvalue weighted by Gasteiger charge is 2.22. The molecule has 0 aliphatic heterocycles. The first-order valence-corrected chi connectivity index (χ1v) is 7.96. The summed E-state index contributed by atoms with van der Waals surface area (Å²) in [7, 11) is 0. The van der Waals surface area contributed by atoms with Gasteiger partial charge in [-0.3, -0.25) is 0 Å². The second kappa shape index (κ2) is 5.00. The number of hydrogen-bond donors (Lipinski definition) is 0. The lowest BCUT2D eigenvalue weighted by atomic mass is 9.85. The highest BCUT2D eigenvalue weighted by atomic mass is 127. The minimum atomic E-state index is -0.0323. The Morgan fingerprint density at radius 2 is 2.28 bits per heavy atom. The zero-order chi connectivity index (χ0) is 12.7. The molecule has 1 fully saturated rings. The third-order valence-electron chi connectivity index (χ3n) is 3.76. The number of aromatic nitrogens is 2. The van der Waals surface area contributed by atoms with Crippen molar-refractivity contribution in [2.75, 3.05) is 0 Å². The molecule has 1 unspecified atom stereocenters. The van der Waals surface area contributed by atoms with Gasteiger partial charge >= 0.3 is 0 Å². The standard InChI is InChI=1S/C14H16ClIN2/c1-9(15)14-17-12-7-11(16)5-6-13(12)18(14)8-10-3-2-4-10/h5-7,9-10H,2-4,8H2,1H3. The van der Waals surface area contributed by atoms with Gasteiger partial charge < -0.3 is 4.57 Å². The largest absolute Gasteiger partial charge is 0.326 e. The van der Waals surface area contributed by atoms with E-state index >= 15 is 0 Å². The van der Waals surface area contributed by atoms with Crippen LogP contribution in [-0.2, 0) is 6.54 Å². The van der Waals surface area contributed by atoms with Gasteiger partial charge in [-0.05, 0) is 66.5 Å². The molecule has 0 radical (unpaired) electrons. The summed E-state index contributed by atoms with van der Waals surface area (Å²) in [6.45, 7) is 3.08. The molecule has 0 N–H and O–H groups in total. The SMILES string of the molecule is CC(Cl)c1nc2cc(I)ccc2n1CC1CCC1. The number of benzene rings is 1. The molecule has 0 amide bonds. The minimum Gasteiger partial charge on any atom is -0.326 e. The molecule has 3 rings (SSSR count). The summed E-state index contributed by atoms with van der Waals surface area (Å²) in [5.41, 5.74) is 2.30. The van der Waals surface area contributed by atoms with E-state index < -0.39 is 0 Å². The predicted molar refractivity (Wildman–Crippen MR) is 84.1 cm³/mol. The molecule has 1 aromatic heterocycles. The molecule has 2 nitrogen and oxygen atoms in total. The molecule has 1 heterocycles. The van der Waals surface area contributed by atoms with Crippen molar-refractivity contribution in [1.82, 2.24) is 9.55 Å². The van der Waals surface area contributed by atoms with E-state index in [1.54, 1.807) is 0 Å². The molecule has 96 valence electrons. The molecule has 1 aliphatic rings. The van der Waals surface area contributed by atoms with Gasteiger partial charge in [0, 0.05) is 10.1 Å². The average Bonchev–Trinajstić information content (AvgIpc) is 2.61. The van der Waals surface area contributed by atoms with Crippen LogP contribution in [0.2, 0.25) is 0 Å². The van der Waals surface area contributed by atoms with Crippen LogP contribution in [-0.4, -0.2) is 9.55 Å². The van der Waals surface area contributed by atoms with Gasteiger partial charge in [0.15, 0.2) is 0 Å². The van der Waals surface area contributed by atoms with E-state index in [4.69, 9.17) is 16.6 Å². The Bertz CT molecular complexity index is 572. The number of fused-ring (bicyclic) bond motifs is 1. The van der Waals surface area contributed by atoms with Gasteiger partial charge in [-0.25, -0.2) is 4.98 Å². The zero-order valence-corrected chi connectivity index (χ0v) is 13.3. The number of halogens is 2. The van der Waals surface area contributed by atoms with Crippen LogP contribution in [0, 0.1) is 9.49 Å². The number of hydrogen-bond acceptors (Lipinski definition) is 1. The summed E-state index contributed by atoms with van der Waals surface area (Å²) < 4.78 is 3.55. The third kappa shape index (κ3) is 2.27. The van der Waals surface area contributed by atoms with Crippen molar-refractivity contribution in [1.29, 1.82) is 0 Å². The number of nitrogens with zero attached hydrogens (tertiary/aromatic N) is 2. The van der Waals surface area contributed by atoms with Crippen molar-refractivity contribution >= 4 is 45.2 Å². The van der Waals surface area contributed by atoms with E-state index in [1.807, 2.05) is 6.92 Å². The summed E-state index contributed by atoms with van der Waals surface area (Å²) in [4.78, 5) is 4.71. The van der Waals surface area contributed by atoms with Crippen LogP contribution in [0.4, 0.5) is 0 Å². The van der Waals surface area contributed by atoms with Gasteiger partial charge in [0.05, 0.1) is 16.4 Å². The maximum atomic E-state index is 6.28. The lowest BCUT2D eigenvalue weighted by Gasteiger charge is -2.27. The lowest BCUT2D eigenvalue weighted by molar-refractivity contribution is 0.276. The summed E-state index contributed by atoms with van der Waals surface area (Å²) in [6, 6.07) is 6.45. The van der Waals surface area contributed by atoms with Crippen molar-refractivity contribution in [3.8, 4) is 0 Å². The average molecular weight is 375 g/mol. The van der Waals surface area contributed by atoms with Crippen LogP contribution >= 0.6 is 34.2 Å². The molecule has 18 heavy (non-hydrogen) atoms. The van der Waals surface area contributed by atoms with E-state index in [2.05, 4.69) is 45.4 Å². The maximum absolute atomic E-state index is 6.28. The first kappa shape index (κ1) is 12.7. The Balaban J connectivity index is 2.08. The van der Waals surface area contributed by atoms with E-state index in [0.717, 1.165) is 23.8 Å². The van der Waals surface area contributed by atoms with E-state index in [0.29, 0.717) is 0 Å². The van der Waals surface area contributed by atoms with Gasteiger partial charge in [0.1, 0.15) is 5.82 Å². The molecule has 1 atom stereocenters. The first-order chi connectivity index (χ1) is 8.65. The van der Waals surface area contributed by atoms with Gasteiger partial charge in [-0.1, -0.05) is 6.42 Å². The Labute approximate surface area is 126 Å². The summed E-state index contributed by atoms with van der Waals surface area (Å²) in [5.74, 6) is 1.83. The molecular weight excluding hydrogens is 359 g/mol. The Morgan fingerprint density at radius 1 is 1.50 bits per heavy atom. The molecule has 4 heteroatoms. The molecule has 1 saturated carbocycles. The smallest absolute Gasteiger partial charge is 0.127 e. The van der Waals surface area contributed by atoms with Gasteiger partial charge in [0.25, 0.3) is 0 Å². The van der Waals surface area contributed by atoms with E-state index in [-0.39, 0.29) is 5.38 Å². The normalized spacial score (nSPS) is 17.9. The fraction of sp³-hybridized carbons (Fsp3) is 0.500. The maximum Gasteiger partial charge on any atom is 0.127 e. The van der Waals surface area contributed by atoms with Crippen LogP contribution in [0.25, 0.3) is 11.0 Å². The highest BCUT2D eigenvalue weighted by Crippen LogP contribution is 2.32. The second-order valence-electron chi connectivity index (χ2n) is 5.13. The van der Waals surface area contributed by atoms with Crippen LogP contribution in [0.15, 0.2) is 18.2 Å². The molecule has 1 aliphatic carbocycles. The molecule has 0 saturated heterocycles. The lowest BCUT2D eigenvalue weighted by Crippen LogP contribution is -2.19. The number of alkyl halides is 1. The van der Waals surface area contributed by atoms with Crippen LogP contribution in [0.1, 0.15) is 37.4 Å². The van der Waals surface area contributed by atoms with Gasteiger partial charge in [-0.15, -0.1) is 11.6 Å². The van der Waals surface area contributed by atoms with E-state index in [9.17, 15) is 0 Å². The van der Waals surface area contributed by atoms with Crippen molar-refractivity contribution in [2.45, 2.75) is 38.1 Å². The van der Waals surface area contributed by atoms with Crippen molar-refractivity contribution in [2.24, 2.45) is 5.92 Å². The topological polar surface area (TPSA) is 17.8 Å². The molecule has 0 bridgehead atoms.